The van der Waals surface area contributed by atoms with Gasteiger partial charge in [-0.15, -0.1) is 0 Å². The number of hydrogen-bond donors (Lipinski definition) is 0. The van der Waals surface area contributed by atoms with Crippen molar-refractivity contribution in [3.8, 4) is 0 Å². The summed E-state index contributed by atoms with van der Waals surface area (Å²) in [5.41, 5.74) is 2.07. The zero-order chi connectivity index (χ0) is 12.4. The van der Waals surface area contributed by atoms with Gasteiger partial charge in [0.2, 0.25) is 0 Å². The summed E-state index contributed by atoms with van der Waals surface area (Å²) < 4.78 is 7.83. The molecule has 90 valence electrons. The first-order valence-corrected chi connectivity index (χ1v) is 5.94. The summed E-state index contributed by atoms with van der Waals surface area (Å²) in [6.07, 6.45) is 7.68. The van der Waals surface area contributed by atoms with Gasteiger partial charge in [-0.05, 0) is 24.6 Å². The van der Waals surface area contributed by atoms with Crippen molar-refractivity contribution < 1.29 is 4.42 Å². The Morgan fingerprint density at radius 3 is 3.06 bits per heavy atom. The Kier molecular flexibility index (Phi) is 2.73. The monoisotopic (exact) mass is 238 g/mol. The van der Waals surface area contributed by atoms with Crippen LogP contribution < -0.4 is 0 Å². The molecule has 0 bridgehead atoms. The molecule has 3 rings (SSSR count). The quantitative estimate of drug-likeness (QED) is 0.696. The summed E-state index contributed by atoms with van der Waals surface area (Å²) in [7, 11) is 0. The van der Waals surface area contributed by atoms with Gasteiger partial charge >= 0.3 is 0 Å². The van der Waals surface area contributed by atoms with Crippen molar-refractivity contribution in [2.45, 2.75) is 13.5 Å². The van der Waals surface area contributed by atoms with Gasteiger partial charge in [0.1, 0.15) is 11.3 Å². The highest BCUT2D eigenvalue weighted by atomic mass is 16.3. The maximum Gasteiger partial charge on any atom is 0.134 e. The van der Waals surface area contributed by atoms with Crippen LogP contribution in [0.5, 0.6) is 0 Å². The Labute approximate surface area is 105 Å². The molecule has 0 amide bonds. The fourth-order valence-corrected chi connectivity index (χ4v) is 1.91. The molecular weight excluding hydrogens is 224 g/mol. The lowest BCUT2D eigenvalue weighted by Gasteiger charge is -1.98. The highest BCUT2D eigenvalue weighted by Crippen LogP contribution is 2.24. The zero-order valence-corrected chi connectivity index (χ0v) is 10.2. The summed E-state index contributed by atoms with van der Waals surface area (Å²) in [4.78, 5) is 4.02. The highest BCUT2D eigenvalue weighted by Gasteiger charge is 2.04. The maximum absolute atomic E-state index is 5.81. The summed E-state index contributed by atoms with van der Waals surface area (Å²) in [6.45, 7) is 2.87. The lowest BCUT2D eigenvalue weighted by molar-refractivity contribution is 0.598. The van der Waals surface area contributed by atoms with Gasteiger partial charge in [-0.3, -0.25) is 0 Å². The second-order valence-corrected chi connectivity index (χ2v) is 4.30. The van der Waals surface area contributed by atoms with Crippen LogP contribution in [0.4, 0.5) is 0 Å². The zero-order valence-electron chi connectivity index (χ0n) is 10.2. The fraction of sp³-hybridized carbons (Fsp3) is 0.133. The number of para-hydroxylation sites is 1. The molecule has 0 radical (unpaired) electrons. The van der Waals surface area contributed by atoms with Crippen LogP contribution in [-0.4, -0.2) is 9.55 Å². The van der Waals surface area contributed by atoms with E-state index in [1.54, 1.807) is 6.20 Å². The molecule has 2 heterocycles. The van der Waals surface area contributed by atoms with E-state index in [-0.39, 0.29) is 0 Å². The summed E-state index contributed by atoms with van der Waals surface area (Å²) in [5, 5.41) is 1.14. The largest absolute Gasteiger partial charge is 0.456 e. The minimum atomic E-state index is 0.808. The number of imidazole rings is 1. The first-order valence-electron chi connectivity index (χ1n) is 5.94. The second-order valence-electron chi connectivity index (χ2n) is 4.30. The predicted molar refractivity (Wildman–Crippen MR) is 72.1 cm³/mol. The Morgan fingerprint density at radius 2 is 2.28 bits per heavy atom. The molecule has 3 heteroatoms. The van der Waals surface area contributed by atoms with E-state index in [2.05, 4.69) is 30.1 Å². The van der Waals surface area contributed by atoms with Crippen LogP contribution in [0.15, 0.2) is 59.5 Å². The van der Waals surface area contributed by atoms with E-state index in [0.717, 1.165) is 28.8 Å². The van der Waals surface area contributed by atoms with E-state index in [0.29, 0.717) is 0 Å². The molecule has 1 aromatic carbocycles. The van der Waals surface area contributed by atoms with Crippen LogP contribution in [0.3, 0.4) is 0 Å². The molecule has 0 fully saturated rings. The van der Waals surface area contributed by atoms with Crippen molar-refractivity contribution in [2.75, 3.05) is 0 Å². The van der Waals surface area contributed by atoms with Gasteiger partial charge in [-0.1, -0.05) is 24.3 Å². The Balaban J connectivity index is 1.87. The van der Waals surface area contributed by atoms with Crippen molar-refractivity contribution in [1.29, 1.82) is 0 Å². The van der Waals surface area contributed by atoms with E-state index in [4.69, 9.17) is 4.42 Å². The van der Waals surface area contributed by atoms with E-state index in [9.17, 15) is 0 Å². The number of benzene rings is 1. The van der Waals surface area contributed by atoms with Gasteiger partial charge in [0.15, 0.2) is 0 Å². The Hall–Kier alpha value is -2.29. The molecule has 2 aromatic heterocycles. The van der Waals surface area contributed by atoms with Crippen molar-refractivity contribution in [3.63, 3.8) is 0 Å². The van der Waals surface area contributed by atoms with Crippen molar-refractivity contribution in [2.24, 2.45) is 0 Å². The van der Waals surface area contributed by atoms with E-state index >= 15 is 0 Å². The number of aromatic nitrogens is 2. The molecule has 0 spiro atoms. The Morgan fingerprint density at radius 1 is 1.39 bits per heavy atom. The standard InChI is InChI=1S/C15H14N2O/c1-12(6-8-17-9-7-16-11-17)15-10-13-4-2-3-5-14(13)18-15/h2-7,9-11H,8H2,1H3/b12-6-. The normalized spacial score (nSPS) is 12.2. The van der Waals surface area contributed by atoms with Crippen molar-refractivity contribution in [3.05, 3.63) is 60.9 Å². The first kappa shape index (κ1) is 10.8. The van der Waals surface area contributed by atoms with Crippen LogP contribution in [-0.2, 0) is 6.54 Å². The summed E-state index contributed by atoms with van der Waals surface area (Å²) in [5.74, 6) is 0.927. The third-order valence-corrected chi connectivity index (χ3v) is 2.98. The molecule has 3 aromatic rings. The lowest BCUT2D eigenvalue weighted by Crippen LogP contribution is -1.90. The molecular formula is C15H14N2O. The highest BCUT2D eigenvalue weighted by molar-refractivity contribution is 5.81. The molecule has 0 aliphatic carbocycles. The molecule has 0 aliphatic heterocycles. The number of allylic oxidation sites excluding steroid dienone is 2. The molecule has 0 saturated carbocycles. The van der Waals surface area contributed by atoms with Crippen LogP contribution in [0.2, 0.25) is 0 Å². The second kappa shape index (κ2) is 4.53. The van der Waals surface area contributed by atoms with Gasteiger partial charge in [0.05, 0.1) is 6.33 Å². The van der Waals surface area contributed by atoms with Crippen molar-refractivity contribution in [1.82, 2.24) is 9.55 Å². The van der Waals surface area contributed by atoms with E-state index < -0.39 is 0 Å². The van der Waals surface area contributed by atoms with Crippen molar-refractivity contribution >= 4 is 16.5 Å². The Bertz CT molecular complexity index is 644. The van der Waals surface area contributed by atoms with E-state index in [1.165, 1.54) is 0 Å². The minimum absolute atomic E-state index is 0.808. The molecule has 0 saturated heterocycles. The average Bonchev–Trinajstić information content (AvgIpc) is 3.04. The third kappa shape index (κ3) is 2.07. The molecule has 0 N–H and O–H groups in total. The minimum Gasteiger partial charge on any atom is -0.456 e. The molecule has 18 heavy (non-hydrogen) atoms. The number of fused-ring (bicyclic) bond motifs is 1. The molecule has 3 nitrogen and oxygen atoms in total. The SMILES string of the molecule is C/C(=C/Cn1ccnc1)c1cc2ccccc2o1. The van der Waals surface area contributed by atoms with Crippen LogP contribution in [0.1, 0.15) is 12.7 Å². The number of nitrogens with zero attached hydrogens (tertiary/aromatic N) is 2. The van der Waals surface area contributed by atoms with Crippen LogP contribution in [0.25, 0.3) is 16.5 Å². The van der Waals surface area contributed by atoms with E-state index in [1.807, 2.05) is 35.3 Å². The first-order chi connectivity index (χ1) is 8.83. The van der Waals surface area contributed by atoms with Crippen LogP contribution in [0, 0.1) is 0 Å². The van der Waals surface area contributed by atoms with Gasteiger partial charge < -0.3 is 8.98 Å². The third-order valence-electron chi connectivity index (χ3n) is 2.98. The lowest BCUT2D eigenvalue weighted by atomic mass is 10.2. The van der Waals surface area contributed by atoms with Crippen LogP contribution >= 0.6 is 0 Å². The molecule has 0 unspecified atom stereocenters. The fourth-order valence-electron chi connectivity index (χ4n) is 1.91. The number of hydrogen-bond acceptors (Lipinski definition) is 2. The number of rotatable bonds is 3. The maximum atomic E-state index is 5.81. The summed E-state index contributed by atoms with van der Waals surface area (Å²) in [6, 6.07) is 10.1. The topological polar surface area (TPSA) is 31.0 Å². The smallest absolute Gasteiger partial charge is 0.134 e. The van der Waals surface area contributed by atoms with Gasteiger partial charge in [-0.2, -0.15) is 0 Å². The molecule has 0 aliphatic rings. The number of furan rings is 1. The summed E-state index contributed by atoms with van der Waals surface area (Å²) >= 11 is 0. The average molecular weight is 238 g/mol. The van der Waals surface area contributed by atoms with Gasteiger partial charge in [0.25, 0.3) is 0 Å². The predicted octanol–water partition coefficient (Wildman–Crippen LogP) is 3.73. The molecule has 0 atom stereocenters. The van der Waals surface area contributed by atoms with Gasteiger partial charge in [0, 0.05) is 24.3 Å². The van der Waals surface area contributed by atoms with Gasteiger partial charge in [-0.25, -0.2) is 4.98 Å².